The SMILES string of the molecule is C=CCn1c(=NC(=O)CS(=O)(=O)CC(=O)N2CCc3ccccc32)sc2ccccc21. The molecule has 0 saturated carbocycles. The van der Waals surface area contributed by atoms with Gasteiger partial charge in [0, 0.05) is 18.8 Å². The molecule has 3 aromatic rings. The number of allylic oxidation sites excluding steroid dienone is 1. The highest BCUT2D eigenvalue weighted by molar-refractivity contribution is 7.92. The number of anilines is 1. The first-order chi connectivity index (χ1) is 14.9. The Morgan fingerprint density at radius 3 is 2.65 bits per heavy atom. The van der Waals surface area contributed by atoms with Crippen molar-refractivity contribution in [1.82, 2.24) is 4.57 Å². The fourth-order valence-electron chi connectivity index (χ4n) is 3.65. The molecule has 0 bridgehead atoms. The monoisotopic (exact) mass is 455 g/mol. The zero-order chi connectivity index (χ0) is 22.0. The number of amides is 2. The molecule has 2 heterocycles. The molecule has 0 fully saturated rings. The summed E-state index contributed by atoms with van der Waals surface area (Å²) in [5.74, 6) is -2.85. The summed E-state index contributed by atoms with van der Waals surface area (Å²) in [6.45, 7) is 4.61. The van der Waals surface area contributed by atoms with Crippen LogP contribution in [0.3, 0.4) is 0 Å². The summed E-state index contributed by atoms with van der Waals surface area (Å²) >= 11 is 1.30. The standard InChI is InChI=1S/C22H21N3O4S2/c1-2-12-25-18-9-5-6-10-19(18)30-22(25)23-20(26)14-31(28,29)15-21(27)24-13-11-16-7-3-4-8-17(16)24/h2-10H,1,11-15H2. The van der Waals surface area contributed by atoms with Gasteiger partial charge in [-0.1, -0.05) is 47.7 Å². The molecule has 0 saturated heterocycles. The number of nitrogens with zero attached hydrogens (tertiary/aromatic N) is 3. The highest BCUT2D eigenvalue weighted by atomic mass is 32.2. The van der Waals surface area contributed by atoms with E-state index in [0.29, 0.717) is 24.3 Å². The molecule has 160 valence electrons. The fourth-order valence-corrected chi connectivity index (χ4v) is 5.78. The number of para-hydroxylation sites is 2. The Morgan fingerprint density at radius 2 is 1.84 bits per heavy atom. The van der Waals surface area contributed by atoms with Crippen molar-refractivity contribution in [1.29, 1.82) is 0 Å². The third-order valence-corrected chi connectivity index (χ3v) is 7.43. The molecule has 0 atom stereocenters. The van der Waals surface area contributed by atoms with Crippen molar-refractivity contribution < 1.29 is 18.0 Å². The number of benzene rings is 2. The van der Waals surface area contributed by atoms with Gasteiger partial charge in [-0.3, -0.25) is 9.59 Å². The van der Waals surface area contributed by atoms with E-state index in [-0.39, 0.29) is 0 Å². The minimum atomic E-state index is -3.95. The molecule has 1 aliphatic rings. The second-order valence-corrected chi connectivity index (χ2v) is 10.3. The van der Waals surface area contributed by atoms with Crippen molar-refractivity contribution in [2.75, 3.05) is 23.0 Å². The van der Waals surface area contributed by atoms with Gasteiger partial charge in [0.2, 0.25) is 5.91 Å². The minimum absolute atomic E-state index is 0.404. The van der Waals surface area contributed by atoms with Crippen LogP contribution in [0.5, 0.6) is 0 Å². The van der Waals surface area contributed by atoms with E-state index in [0.717, 1.165) is 21.5 Å². The van der Waals surface area contributed by atoms with Crippen molar-refractivity contribution in [2.24, 2.45) is 4.99 Å². The molecule has 0 aliphatic carbocycles. The van der Waals surface area contributed by atoms with Crippen LogP contribution >= 0.6 is 11.3 Å². The van der Waals surface area contributed by atoms with Gasteiger partial charge in [-0.25, -0.2) is 8.42 Å². The average Bonchev–Trinajstić information content (AvgIpc) is 3.29. The zero-order valence-corrected chi connectivity index (χ0v) is 18.4. The lowest BCUT2D eigenvalue weighted by molar-refractivity contribution is -0.116. The Kier molecular flexibility index (Phi) is 5.88. The molecular weight excluding hydrogens is 434 g/mol. The van der Waals surface area contributed by atoms with Crippen molar-refractivity contribution in [2.45, 2.75) is 13.0 Å². The number of carbonyl (C=O) groups is 2. The van der Waals surface area contributed by atoms with Crippen molar-refractivity contribution in [3.63, 3.8) is 0 Å². The van der Waals surface area contributed by atoms with Crippen molar-refractivity contribution in [3.8, 4) is 0 Å². The van der Waals surface area contributed by atoms with E-state index in [9.17, 15) is 18.0 Å². The molecule has 7 nitrogen and oxygen atoms in total. The minimum Gasteiger partial charge on any atom is -0.313 e. The quantitative estimate of drug-likeness (QED) is 0.534. The van der Waals surface area contributed by atoms with Gasteiger partial charge in [0.25, 0.3) is 5.91 Å². The first-order valence-electron chi connectivity index (χ1n) is 9.73. The fraction of sp³-hybridized carbons (Fsp3) is 0.227. The van der Waals surface area contributed by atoms with Gasteiger partial charge in [0.15, 0.2) is 14.6 Å². The van der Waals surface area contributed by atoms with Gasteiger partial charge >= 0.3 is 0 Å². The molecule has 1 aliphatic heterocycles. The smallest absolute Gasteiger partial charge is 0.263 e. The summed E-state index contributed by atoms with van der Waals surface area (Å²) in [6.07, 6.45) is 2.37. The summed E-state index contributed by atoms with van der Waals surface area (Å²) in [4.78, 5) is 31.0. The summed E-state index contributed by atoms with van der Waals surface area (Å²) < 4.78 is 27.8. The lowest BCUT2D eigenvalue weighted by atomic mass is 10.2. The first-order valence-corrected chi connectivity index (χ1v) is 12.4. The van der Waals surface area contributed by atoms with Crippen LogP contribution in [0, 0.1) is 0 Å². The van der Waals surface area contributed by atoms with E-state index >= 15 is 0 Å². The Morgan fingerprint density at radius 1 is 1.10 bits per heavy atom. The third-order valence-electron chi connectivity index (χ3n) is 5.00. The van der Waals surface area contributed by atoms with Gasteiger partial charge < -0.3 is 9.47 Å². The number of hydrogen-bond acceptors (Lipinski definition) is 5. The van der Waals surface area contributed by atoms with Gasteiger partial charge in [0.05, 0.1) is 10.2 Å². The maximum absolute atomic E-state index is 12.6. The van der Waals surface area contributed by atoms with Gasteiger partial charge in [-0.15, -0.1) is 6.58 Å². The number of aromatic nitrogens is 1. The summed E-state index contributed by atoms with van der Waals surface area (Å²) in [6, 6.07) is 15.0. The molecule has 4 rings (SSSR count). The van der Waals surface area contributed by atoms with E-state index < -0.39 is 33.2 Å². The Hall–Kier alpha value is -3.04. The number of hydrogen-bond donors (Lipinski definition) is 0. The molecule has 31 heavy (non-hydrogen) atoms. The van der Waals surface area contributed by atoms with Crippen molar-refractivity contribution in [3.05, 3.63) is 71.6 Å². The number of thiazole rings is 1. The largest absolute Gasteiger partial charge is 0.313 e. The lowest BCUT2D eigenvalue weighted by Gasteiger charge is -2.17. The molecule has 0 N–H and O–H groups in total. The van der Waals surface area contributed by atoms with Crippen molar-refractivity contribution >= 4 is 48.9 Å². The van der Waals surface area contributed by atoms with Crippen LogP contribution in [0.1, 0.15) is 5.56 Å². The lowest BCUT2D eigenvalue weighted by Crippen LogP contribution is -2.36. The number of sulfone groups is 1. The topological polar surface area (TPSA) is 88.8 Å². The van der Waals surface area contributed by atoms with Crippen LogP contribution < -0.4 is 9.70 Å². The van der Waals surface area contributed by atoms with E-state index in [1.807, 2.05) is 47.0 Å². The summed E-state index contributed by atoms with van der Waals surface area (Å²) in [5.41, 5.74) is 2.63. The molecule has 2 amide bonds. The normalized spacial score (nSPS) is 14.1. The van der Waals surface area contributed by atoms with Crippen LogP contribution in [-0.2, 0) is 32.4 Å². The summed E-state index contributed by atoms with van der Waals surface area (Å²) in [7, 11) is -3.95. The maximum Gasteiger partial charge on any atom is 0.263 e. The predicted octanol–water partition coefficient (Wildman–Crippen LogP) is 2.32. The van der Waals surface area contributed by atoms with Crippen LogP contribution in [0.2, 0.25) is 0 Å². The van der Waals surface area contributed by atoms with Crippen LogP contribution in [0.25, 0.3) is 10.2 Å². The highest BCUT2D eigenvalue weighted by Gasteiger charge is 2.29. The number of rotatable bonds is 6. The Bertz CT molecular complexity index is 1350. The molecule has 9 heteroatoms. The van der Waals surface area contributed by atoms with Gasteiger partial charge in [-0.05, 0) is 30.2 Å². The zero-order valence-electron chi connectivity index (χ0n) is 16.7. The third kappa shape index (κ3) is 4.52. The van der Waals surface area contributed by atoms with Gasteiger partial charge in [-0.2, -0.15) is 4.99 Å². The second-order valence-electron chi connectivity index (χ2n) is 7.21. The Labute approximate surface area is 183 Å². The van der Waals surface area contributed by atoms with E-state index in [4.69, 9.17) is 0 Å². The number of fused-ring (bicyclic) bond motifs is 2. The van der Waals surface area contributed by atoms with E-state index in [1.165, 1.54) is 16.2 Å². The molecular formula is C22H21N3O4S2. The van der Waals surface area contributed by atoms with Crippen LogP contribution in [0.15, 0.2) is 66.2 Å². The highest BCUT2D eigenvalue weighted by Crippen LogP contribution is 2.27. The molecule has 0 radical (unpaired) electrons. The molecule has 0 unspecified atom stereocenters. The Balaban J connectivity index is 1.52. The maximum atomic E-state index is 12.6. The summed E-state index contributed by atoms with van der Waals surface area (Å²) in [5, 5.41) is 0. The first kappa shape index (κ1) is 21.2. The molecule has 1 aromatic heterocycles. The molecule has 2 aromatic carbocycles. The van der Waals surface area contributed by atoms with E-state index in [2.05, 4.69) is 11.6 Å². The predicted molar refractivity (Wildman–Crippen MR) is 122 cm³/mol. The number of carbonyl (C=O) groups excluding carboxylic acids is 2. The molecule has 0 spiro atoms. The van der Waals surface area contributed by atoms with Crippen LogP contribution in [0.4, 0.5) is 5.69 Å². The second kappa shape index (κ2) is 8.60. The van der Waals surface area contributed by atoms with E-state index in [1.54, 1.807) is 12.1 Å². The van der Waals surface area contributed by atoms with Gasteiger partial charge in [0.1, 0.15) is 11.5 Å². The van der Waals surface area contributed by atoms with Crippen LogP contribution in [-0.4, -0.2) is 42.8 Å². The average molecular weight is 456 g/mol.